The summed E-state index contributed by atoms with van der Waals surface area (Å²) in [5, 5.41) is 9.53. The summed E-state index contributed by atoms with van der Waals surface area (Å²) in [4.78, 5) is 11.3. The molecule has 0 saturated carbocycles. The number of fused-ring (bicyclic) bond motifs is 1. The Hall–Kier alpha value is -2.29. The third-order valence-corrected chi connectivity index (χ3v) is 6.02. The highest BCUT2D eigenvalue weighted by atomic mass is 35.5. The number of carbonyl (C=O) groups is 1. The van der Waals surface area contributed by atoms with E-state index in [1.54, 1.807) is 30.3 Å². The van der Waals surface area contributed by atoms with Crippen LogP contribution in [0.2, 0.25) is 5.02 Å². The van der Waals surface area contributed by atoms with Crippen molar-refractivity contribution in [2.75, 3.05) is 6.61 Å². The van der Waals surface area contributed by atoms with Gasteiger partial charge in [0.05, 0.1) is 17.5 Å². The van der Waals surface area contributed by atoms with Gasteiger partial charge in [-0.2, -0.15) is 0 Å². The van der Waals surface area contributed by atoms with Gasteiger partial charge in [0, 0.05) is 23.1 Å². The van der Waals surface area contributed by atoms with E-state index in [0.29, 0.717) is 35.1 Å². The van der Waals surface area contributed by atoms with Crippen LogP contribution in [0.25, 0.3) is 0 Å². The van der Waals surface area contributed by atoms with E-state index in [2.05, 4.69) is 4.72 Å². The molecule has 3 rings (SSSR count). The topological polar surface area (TPSA) is 102 Å². The SMILES string of the molecule is CC(C)(Oc1ccc2c(c1)OCCC2NS(=O)(=O)c1cccc(Cl)c1)C(=O)O. The Kier molecular flexibility index (Phi) is 5.56. The Morgan fingerprint density at radius 1 is 1.29 bits per heavy atom. The molecule has 0 amide bonds. The number of carboxylic acids is 1. The van der Waals surface area contributed by atoms with E-state index in [9.17, 15) is 18.3 Å². The van der Waals surface area contributed by atoms with Crippen molar-refractivity contribution in [3.05, 3.63) is 53.1 Å². The van der Waals surface area contributed by atoms with Crippen LogP contribution in [0.15, 0.2) is 47.4 Å². The highest BCUT2D eigenvalue weighted by Crippen LogP contribution is 2.36. The highest BCUT2D eigenvalue weighted by Gasteiger charge is 2.31. The van der Waals surface area contributed by atoms with Crippen LogP contribution in [0.5, 0.6) is 11.5 Å². The fourth-order valence-corrected chi connectivity index (χ4v) is 4.33. The zero-order valence-corrected chi connectivity index (χ0v) is 16.9. The second-order valence-corrected chi connectivity index (χ2v) is 9.04. The third kappa shape index (κ3) is 4.40. The van der Waals surface area contributed by atoms with Crippen LogP contribution < -0.4 is 14.2 Å². The van der Waals surface area contributed by atoms with Crippen molar-refractivity contribution in [3.63, 3.8) is 0 Å². The average molecular weight is 426 g/mol. The van der Waals surface area contributed by atoms with E-state index in [1.807, 2.05) is 0 Å². The van der Waals surface area contributed by atoms with E-state index in [0.717, 1.165) is 0 Å². The number of halogens is 1. The largest absolute Gasteiger partial charge is 0.493 e. The fourth-order valence-electron chi connectivity index (χ4n) is 2.78. The van der Waals surface area contributed by atoms with E-state index < -0.39 is 27.6 Å². The molecule has 1 heterocycles. The number of rotatable bonds is 6. The van der Waals surface area contributed by atoms with E-state index in [1.165, 1.54) is 26.0 Å². The number of aliphatic carboxylic acids is 1. The van der Waals surface area contributed by atoms with Crippen molar-refractivity contribution >= 4 is 27.6 Å². The summed E-state index contributed by atoms with van der Waals surface area (Å²) >= 11 is 5.90. The van der Waals surface area contributed by atoms with Crippen molar-refractivity contribution in [3.8, 4) is 11.5 Å². The molecular weight excluding hydrogens is 406 g/mol. The number of sulfonamides is 1. The minimum Gasteiger partial charge on any atom is -0.493 e. The Labute approximate surface area is 168 Å². The van der Waals surface area contributed by atoms with Gasteiger partial charge in [0.15, 0.2) is 5.60 Å². The molecule has 9 heteroatoms. The summed E-state index contributed by atoms with van der Waals surface area (Å²) in [5.41, 5.74) is -0.756. The van der Waals surface area contributed by atoms with Crippen LogP contribution in [-0.2, 0) is 14.8 Å². The molecular formula is C19H20ClNO6S. The van der Waals surface area contributed by atoms with Crippen LogP contribution in [0.3, 0.4) is 0 Å². The van der Waals surface area contributed by atoms with Gasteiger partial charge >= 0.3 is 5.97 Å². The van der Waals surface area contributed by atoms with Crippen LogP contribution in [0, 0.1) is 0 Å². The minimum atomic E-state index is -3.77. The molecule has 1 aliphatic rings. The minimum absolute atomic E-state index is 0.0798. The maximum absolute atomic E-state index is 12.7. The molecule has 0 spiro atoms. The Balaban J connectivity index is 1.85. The quantitative estimate of drug-likeness (QED) is 0.735. The van der Waals surface area contributed by atoms with Gasteiger partial charge in [0.2, 0.25) is 10.0 Å². The first-order chi connectivity index (χ1) is 13.1. The lowest BCUT2D eigenvalue weighted by atomic mass is 10.0. The molecule has 1 unspecified atom stereocenters. The summed E-state index contributed by atoms with van der Waals surface area (Å²) in [6.45, 7) is 3.19. The molecule has 0 saturated heterocycles. The molecule has 0 aromatic heterocycles. The molecule has 0 bridgehead atoms. The summed E-state index contributed by atoms with van der Waals surface area (Å²) in [6, 6.07) is 10.4. The van der Waals surface area contributed by atoms with E-state index in [4.69, 9.17) is 21.1 Å². The molecule has 150 valence electrons. The number of hydrogen-bond acceptors (Lipinski definition) is 5. The predicted molar refractivity (Wildman–Crippen MR) is 103 cm³/mol. The van der Waals surface area contributed by atoms with E-state index in [-0.39, 0.29) is 4.90 Å². The third-order valence-electron chi connectivity index (χ3n) is 4.32. The maximum atomic E-state index is 12.7. The lowest BCUT2D eigenvalue weighted by Crippen LogP contribution is -2.38. The van der Waals surface area contributed by atoms with Crippen molar-refractivity contribution < 1.29 is 27.8 Å². The molecule has 0 radical (unpaired) electrons. The Morgan fingerprint density at radius 2 is 2.04 bits per heavy atom. The monoisotopic (exact) mass is 425 g/mol. The van der Waals surface area contributed by atoms with Crippen molar-refractivity contribution in [2.24, 2.45) is 0 Å². The molecule has 2 aromatic carbocycles. The lowest BCUT2D eigenvalue weighted by Gasteiger charge is -2.28. The summed E-state index contributed by atoms with van der Waals surface area (Å²) in [6.07, 6.45) is 0.452. The lowest BCUT2D eigenvalue weighted by molar-refractivity contribution is -0.152. The number of nitrogens with one attached hydrogen (secondary N) is 1. The Morgan fingerprint density at radius 3 is 2.71 bits per heavy atom. The van der Waals surface area contributed by atoms with Gasteiger partial charge in [-0.05, 0) is 38.1 Å². The zero-order valence-electron chi connectivity index (χ0n) is 15.3. The number of benzene rings is 2. The normalized spacial score (nSPS) is 16.8. The predicted octanol–water partition coefficient (Wildman–Crippen LogP) is 3.38. The zero-order chi connectivity index (χ0) is 20.5. The molecule has 7 nitrogen and oxygen atoms in total. The van der Waals surface area contributed by atoms with E-state index >= 15 is 0 Å². The van der Waals surface area contributed by atoms with Crippen molar-refractivity contribution in [2.45, 2.75) is 36.8 Å². The van der Waals surface area contributed by atoms with Crippen LogP contribution >= 0.6 is 11.6 Å². The van der Waals surface area contributed by atoms with Gasteiger partial charge < -0.3 is 14.6 Å². The summed E-state index contributed by atoms with van der Waals surface area (Å²) in [7, 11) is -3.77. The van der Waals surface area contributed by atoms with Crippen LogP contribution in [0.4, 0.5) is 0 Å². The second-order valence-electron chi connectivity index (χ2n) is 6.89. The Bertz CT molecular complexity index is 1010. The molecule has 1 atom stereocenters. The average Bonchev–Trinajstić information content (AvgIpc) is 2.61. The first-order valence-electron chi connectivity index (χ1n) is 8.55. The van der Waals surface area contributed by atoms with Crippen LogP contribution in [0.1, 0.15) is 31.9 Å². The maximum Gasteiger partial charge on any atom is 0.347 e. The summed E-state index contributed by atoms with van der Waals surface area (Å²) < 4.78 is 39.2. The smallest absolute Gasteiger partial charge is 0.347 e. The fraction of sp³-hybridized carbons (Fsp3) is 0.316. The summed E-state index contributed by atoms with van der Waals surface area (Å²) in [5.74, 6) is -0.327. The highest BCUT2D eigenvalue weighted by molar-refractivity contribution is 7.89. The van der Waals surface area contributed by atoms with Crippen LogP contribution in [-0.4, -0.2) is 31.7 Å². The molecule has 0 fully saturated rings. The molecule has 2 aromatic rings. The van der Waals surface area contributed by atoms with Gasteiger partial charge in [0.25, 0.3) is 0 Å². The van der Waals surface area contributed by atoms with Gasteiger partial charge in [0.1, 0.15) is 11.5 Å². The standard InChI is InChI=1S/C19H20ClNO6S/c1-19(2,18(22)23)27-13-6-7-15-16(8-9-26-17(15)11-13)21-28(24,25)14-5-3-4-12(20)10-14/h3-7,10-11,16,21H,8-9H2,1-2H3,(H,22,23). The molecule has 1 aliphatic heterocycles. The van der Waals surface area contributed by atoms with Gasteiger partial charge in [-0.3, -0.25) is 0 Å². The number of carboxylic acid groups (broad SMARTS) is 1. The first kappa shape index (κ1) is 20.4. The van der Waals surface area contributed by atoms with Crippen molar-refractivity contribution in [1.82, 2.24) is 4.72 Å². The molecule has 0 aliphatic carbocycles. The van der Waals surface area contributed by atoms with Gasteiger partial charge in [-0.1, -0.05) is 23.7 Å². The van der Waals surface area contributed by atoms with Gasteiger partial charge in [-0.15, -0.1) is 0 Å². The van der Waals surface area contributed by atoms with Crippen molar-refractivity contribution in [1.29, 1.82) is 0 Å². The van der Waals surface area contributed by atoms with Gasteiger partial charge in [-0.25, -0.2) is 17.9 Å². The first-order valence-corrected chi connectivity index (χ1v) is 10.4. The number of ether oxygens (including phenoxy) is 2. The molecule has 28 heavy (non-hydrogen) atoms. The number of hydrogen-bond donors (Lipinski definition) is 2. The molecule has 2 N–H and O–H groups in total. The second kappa shape index (κ2) is 7.62.